The van der Waals surface area contributed by atoms with E-state index in [0.29, 0.717) is 0 Å². The van der Waals surface area contributed by atoms with Crippen molar-refractivity contribution in [1.29, 1.82) is 0 Å². The molecule has 0 radical (unpaired) electrons. The first-order valence-electron chi connectivity index (χ1n) is 10.3. The summed E-state index contributed by atoms with van der Waals surface area (Å²) < 4.78 is 6.26. The molecule has 0 heterocycles. The van der Waals surface area contributed by atoms with Gasteiger partial charge in [-0.15, -0.1) is 0 Å². The van der Waals surface area contributed by atoms with Crippen LogP contribution >= 0.6 is 0 Å². The summed E-state index contributed by atoms with van der Waals surface area (Å²) in [5.41, 5.74) is -0.196. The molecular weight excluding hydrogens is 298 g/mol. The lowest BCUT2D eigenvalue weighted by Gasteiger charge is -2.35. The Morgan fingerprint density at radius 3 is 1.54 bits per heavy atom. The summed E-state index contributed by atoms with van der Waals surface area (Å²) in [5.74, 6) is 0.170. The van der Waals surface area contributed by atoms with Crippen molar-refractivity contribution in [3.8, 4) is 0 Å². The van der Waals surface area contributed by atoms with Crippen molar-refractivity contribution in [2.45, 2.75) is 124 Å². The van der Waals surface area contributed by atoms with Crippen molar-refractivity contribution in [1.82, 2.24) is 6.15 Å². The van der Waals surface area contributed by atoms with Crippen molar-refractivity contribution in [2.75, 3.05) is 0 Å². The Morgan fingerprint density at radius 1 is 0.792 bits per heavy atom. The fourth-order valence-corrected chi connectivity index (χ4v) is 3.26. The minimum atomic E-state index is -0.196. The van der Waals surface area contributed by atoms with Gasteiger partial charge in [0.2, 0.25) is 0 Å². The van der Waals surface area contributed by atoms with Gasteiger partial charge >= 0.3 is 5.97 Å². The summed E-state index contributed by atoms with van der Waals surface area (Å²) >= 11 is 0. The highest BCUT2D eigenvalue weighted by Gasteiger charge is 2.34. The maximum Gasteiger partial charge on any atom is 0.309 e. The van der Waals surface area contributed by atoms with E-state index in [1.165, 1.54) is 19.3 Å². The van der Waals surface area contributed by atoms with Crippen LogP contribution in [0, 0.1) is 5.92 Å². The average molecular weight is 344 g/mol. The first-order chi connectivity index (χ1) is 11.1. The molecule has 0 bridgehead atoms. The number of carbonyl (C=O) groups is 1. The molecule has 0 aromatic heterocycles. The summed E-state index contributed by atoms with van der Waals surface area (Å²) in [7, 11) is 0. The number of hydrogen-bond acceptors (Lipinski definition) is 3. The highest BCUT2D eigenvalue weighted by molar-refractivity contribution is 5.72. The SMILES string of the molecule is CCCCC(CC)C(=O)OC(CCCC)(CCCC)CCCC.N. The molecule has 0 aromatic carbocycles. The molecule has 0 aromatic rings. The maximum atomic E-state index is 12.8. The second kappa shape index (κ2) is 15.9. The molecule has 24 heavy (non-hydrogen) atoms. The Labute approximate surface area is 151 Å². The van der Waals surface area contributed by atoms with E-state index in [4.69, 9.17) is 4.74 Å². The molecule has 0 rings (SSSR count). The van der Waals surface area contributed by atoms with Crippen LogP contribution in [0.2, 0.25) is 0 Å². The fraction of sp³-hybridized carbons (Fsp3) is 0.952. The summed E-state index contributed by atoms with van der Waals surface area (Å²) in [6.07, 6.45) is 14.3. The molecule has 0 fully saturated rings. The molecule has 0 aliphatic carbocycles. The minimum Gasteiger partial charge on any atom is -0.459 e. The van der Waals surface area contributed by atoms with Crippen LogP contribution in [0.4, 0.5) is 0 Å². The van der Waals surface area contributed by atoms with Gasteiger partial charge in [0.25, 0.3) is 0 Å². The van der Waals surface area contributed by atoms with Gasteiger partial charge in [-0.3, -0.25) is 4.79 Å². The van der Waals surface area contributed by atoms with E-state index in [1.807, 2.05) is 0 Å². The van der Waals surface area contributed by atoms with Crippen molar-refractivity contribution in [3.05, 3.63) is 0 Å². The molecule has 0 aliphatic heterocycles. The quantitative estimate of drug-likeness (QED) is 0.319. The van der Waals surface area contributed by atoms with Crippen molar-refractivity contribution in [3.63, 3.8) is 0 Å². The van der Waals surface area contributed by atoms with E-state index in [2.05, 4.69) is 34.6 Å². The first kappa shape index (κ1) is 25.7. The summed E-state index contributed by atoms with van der Waals surface area (Å²) in [5, 5.41) is 0. The van der Waals surface area contributed by atoms with E-state index < -0.39 is 0 Å². The Kier molecular flexibility index (Phi) is 17.0. The molecule has 1 unspecified atom stereocenters. The zero-order valence-corrected chi connectivity index (χ0v) is 17.3. The lowest BCUT2D eigenvalue weighted by molar-refractivity contribution is -0.168. The minimum absolute atomic E-state index is 0. The molecular formula is C21H45NO2. The molecule has 0 aliphatic rings. The standard InChI is InChI=1S/C21H42O2.H3N/c1-6-11-15-19(10-5)20(22)23-21(16-12-7-2,17-13-8-3)18-14-9-4;/h19H,6-18H2,1-5H3;1H3. The third-order valence-corrected chi connectivity index (χ3v) is 5.01. The largest absolute Gasteiger partial charge is 0.459 e. The number of rotatable bonds is 15. The van der Waals surface area contributed by atoms with Gasteiger partial charge < -0.3 is 10.9 Å². The van der Waals surface area contributed by atoms with Gasteiger partial charge in [-0.05, 0) is 51.4 Å². The van der Waals surface area contributed by atoms with Crippen molar-refractivity contribution < 1.29 is 9.53 Å². The molecule has 0 saturated carbocycles. The van der Waals surface area contributed by atoms with Gasteiger partial charge in [-0.25, -0.2) is 0 Å². The summed E-state index contributed by atoms with van der Waals surface area (Å²) in [6, 6.07) is 0. The fourth-order valence-electron chi connectivity index (χ4n) is 3.26. The van der Waals surface area contributed by atoms with Crippen LogP contribution in [-0.2, 0) is 9.53 Å². The van der Waals surface area contributed by atoms with E-state index in [9.17, 15) is 4.79 Å². The van der Waals surface area contributed by atoms with E-state index >= 15 is 0 Å². The average Bonchev–Trinajstić information content (AvgIpc) is 2.56. The number of esters is 1. The van der Waals surface area contributed by atoms with Crippen molar-refractivity contribution in [2.24, 2.45) is 5.92 Å². The number of carbonyl (C=O) groups excluding carboxylic acids is 1. The Morgan fingerprint density at radius 2 is 1.21 bits per heavy atom. The van der Waals surface area contributed by atoms with Crippen LogP contribution in [0.1, 0.15) is 118 Å². The number of hydrogen-bond donors (Lipinski definition) is 1. The van der Waals surface area contributed by atoms with Crippen LogP contribution < -0.4 is 6.15 Å². The van der Waals surface area contributed by atoms with Crippen LogP contribution in [0.15, 0.2) is 0 Å². The molecule has 0 amide bonds. The molecule has 3 heteroatoms. The smallest absolute Gasteiger partial charge is 0.309 e. The van der Waals surface area contributed by atoms with Gasteiger partial charge in [0.15, 0.2) is 0 Å². The highest BCUT2D eigenvalue weighted by Crippen LogP contribution is 2.33. The molecule has 0 saturated heterocycles. The highest BCUT2D eigenvalue weighted by atomic mass is 16.6. The zero-order valence-electron chi connectivity index (χ0n) is 17.3. The topological polar surface area (TPSA) is 61.3 Å². The van der Waals surface area contributed by atoms with Gasteiger partial charge in [-0.2, -0.15) is 0 Å². The van der Waals surface area contributed by atoms with Gasteiger partial charge in [0, 0.05) is 0 Å². The second-order valence-corrected chi connectivity index (χ2v) is 7.16. The first-order valence-corrected chi connectivity index (χ1v) is 10.3. The van der Waals surface area contributed by atoms with E-state index in [-0.39, 0.29) is 23.6 Å². The molecule has 146 valence electrons. The normalized spacial score (nSPS) is 12.5. The van der Waals surface area contributed by atoms with Crippen LogP contribution in [0.25, 0.3) is 0 Å². The Balaban J connectivity index is 0. The molecule has 1 atom stereocenters. The number of unbranched alkanes of at least 4 members (excludes halogenated alkanes) is 4. The lowest BCUT2D eigenvalue weighted by Crippen LogP contribution is -2.37. The predicted molar refractivity (Wildman–Crippen MR) is 106 cm³/mol. The van der Waals surface area contributed by atoms with Crippen LogP contribution in [0.3, 0.4) is 0 Å². The third kappa shape index (κ3) is 10.3. The molecule has 3 N–H and O–H groups in total. The molecule has 3 nitrogen and oxygen atoms in total. The van der Waals surface area contributed by atoms with Crippen LogP contribution in [0.5, 0.6) is 0 Å². The van der Waals surface area contributed by atoms with Crippen molar-refractivity contribution >= 4 is 5.97 Å². The third-order valence-electron chi connectivity index (χ3n) is 5.01. The zero-order chi connectivity index (χ0) is 17.6. The van der Waals surface area contributed by atoms with E-state index in [1.54, 1.807) is 0 Å². The van der Waals surface area contributed by atoms with Crippen LogP contribution in [-0.4, -0.2) is 11.6 Å². The Hall–Kier alpha value is -0.570. The Bertz CT molecular complexity index is 270. The monoisotopic (exact) mass is 343 g/mol. The maximum absolute atomic E-state index is 12.8. The van der Waals surface area contributed by atoms with E-state index in [0.717, 1.165) is 64.2 Å². The van der Waals surface area contributed by atoms with Gasteiger partial charge in [-0.1, -0.05) is 66.7 Å². The van der Waals surface area contributed by atoms with Gasteiger partial charge in [0.1, 0.15) is 5.60 Å². The number of ether oxygens (including phenoxy) is 1. The molecule has 0 spiro atoms. The summed E-state index contributed by atoms with van der Waals surface area (Å²) in [4.78, 5) is 12.8. The van der Waals surface area contributed by atoms with Gasteiger partial charge in [0.05, 0.1) is 5.92 Å². The second-order valence-electron chi connectivity index (χ2n) is 7.16. The predicted octanol–water partition coefficient (Wildman–Crippen LogP) is 7.22. The summed E-state index contributed by atoms with van der Waals surface area (Å²) in [6.45, 7) is 11.0. The lowest BCUT2D eigenvalue weighted by atomic mass is 9.85.